The molecule has 0 aliphatic heterocycles. The minimum Gasteiger partial charge on any atom is -0.360 e. The fourth-order valence-electron chi connectivity index (χ4n) is 2.45. The Morgan fingerprint density at radius 3 is 2.46 bits per heavy atom. The van der Waals surface area contributed by atoms with Gasteiger partial charge in [-0.15, -0.1) is 0 Å². The molecule has 26 heavy (non-hydrogen) atoms. The van der Waals surface area contributed by atoms with Crippen LogP contribution < -0.4 is 10.7 Å². The molecule has 0 saturated heterocycles. The lowest BCUT2D eigenvalue weighted by atomic mass is 10.1. The van der Waals surface area contributed by atoms with Gasteiger partial charge in [-0.1, -0.05) is 23.7 Å². The number of carbonyl (C=O) groups is 1. The molecule has 4 nitrogen and oxygen atoms in total. The number of nitrogens with one attached hydrogen (secondary N) is 2. The lowest BCUT2D eigenvalue weighted by Gasteiger charge is -2.09. The fraction of sp³-hybridized carbons (Fsp3) is 0.111. The number of hydrogen-bond donors (Lipinski definition) is 2. The Balaban J connectivity index is 1.85. The average molecular weight is 381 g/mol. The van der Waals surface area contributed by atoms with E-state index in [-0.39, 0.29) is 23.0 Å². The number of aromatic nitrogens is 1. The van der Waals surface area contributed by atoms with Crippen LogP contribution in [0, 0.1) is 0 Å². The van der Waals surface area contributed by atoms with Crippen molar-refractivity contribution >= 4 is 28.4 Å². The molecule has 2 N–H and O–H groups in total. The molecule has 0 spiro atoms. The highest BCUT2D eigenvalue weighted by molar-refractivity contribution is 6.30. The van der Waals surface area contributed by atoms with Gasteiger partial charge in [0.25, 0.3) is 5.91 Å². The molecule has 0 saturated carbocycles. The zero-order chi connectivity index (χ0) is 18.9. The molecule has 3 aromatic rings. The Bertz CT molecular complexity index is 1030. The fourth-order valence-corrected chi connectivity index (χ4v) is 2.57. The van der Waals surface area contributed by atoms with Crippen LogP contribution in [0.3, 0.4) is 0 Å². The molecular weight excluding hydrogens is 369 g/mol. The molecule has 0 fully saturated rings. The molecule has 1 amide bonds. The highest BCUT2D eigenvalue weighted by Crippen LogP contribution is 2.30. The molecule has 0 radical (unpaired) electrons. The topological polar surface area (TPSA) is 62.0 Å². The Kier molecular flexibility index (Phi) is 4.73. The van der Waals surface area contributed by atoms with E-state index in [9.17, 15) is 22.8 Å². The predicted octanol–water partition coefficient (Wildman–Crippen LogP) is 4.13. The van der Waals surface area contributed by atoms with E-state index >= 15 is 0 Å². The molecule has 0 aliphatic rings. The lowest BCUT2D eigenvalue weighted by molar-refractivity contribution is -0.137. The molecule has 1 aromatic heterocycles. The van der Waals surface area contributed by atoms with Crippen molar-refractivity contribution in [2.24, 2.45) is 0 Å². The van der Waals surface area contributed by atoms with Gasteiger partial charge < -0.3 is 10.3 Å². The first kappa shape index (κ1) is 18.0. The number of H-pyrrole nitrogens is 1. The van der Waals surface area contributed by atoms with Gasteiger partial charge in [0, 0.05) is 28.7 Å². The van der Waals surface area contributed by atoms with Crippen LogP contribution in [0.5, 0.6) is 0 Å². The number of alkyl halides is 3. The van der Waals surface area contributed by atoms with Crippen LogP contribution in [-0.2, 0) is 12.7 Å². The van der Waals surface area contributed by atoms with E-state index < -0.39 is 23.1 Å². The van der Waals surface area contributed by atoms with E-state index in [2.05, 4.69) is 10.3 Å². The minimum absolute atomic E-state index is 0.0112. The molecule has 1 heterocycles. The average Bonchev–Trinajstić information content (AvgIpc) is 2.60. The Morgan fingerprint density at radius 2 is 1.81 bits per heavy atom. The molecule has 8 heteroatoms. The second-order valence-electron chi connectivity index (χ2n) is 5.60. The van der Waals surface area contributed by atoms with Crippen molar-refractivity contribution < 1.29 is 18.0 Å². The van der Waals surface area contributed by atoms with Crippen molar-refractivity contribution in [3.8, 4) is 0 Å². The molecule has 134 valence electrons. The maximum absolute atomic E-state index is 12.7. The Labute approximate surface area is 150 Å². The highest BCUT2D eigenvalue weighted by Gasteiger charge is 2.30. The first-order valence-corrected chi connectivity index (χ1v) is 7.89. The summed E-state index contributed by atoms with van der Waals surface area (Å²) < 4.78 is 38.2. The molecule has 0 aliphatic carbocycles. The smallest absolute Gasteiger partial charge is 0.360 e. The monoisotopic (exact) mass is 380 g/mol. The SMILES string of the molecule is O=C(NCc1ccc(Cl)cc1)c1c[nH]c2cc(C(F)(F)F)ccc2c1=O. The molecule has 0 atom stereocenters. The summed E-state index contributed by atoms with van der Waals surface area (Å²) >= 11 is 5.78. The Hall–Kier alpha value is -2.80. The van der Waals surface area contributed by atoms with Crippen LogP contribution in [0.25, 0.3) is 10.9 Å². The second-order valence-corrected chi connectivity index (χ2v) is 6.04. The normalized spacial score (nSPS) is 11.5. The van der Waals surface area contributed by atoms with Gasteiger partial charge in [0.2, 0.25) is 5.43 Å². The number of pyridine rings is 1. The van der Waals surface area contributed by atoms with Gasteiger partial charge in [-0.05, 0) is 35.9 Å². The van der Waals surface area contributed by atoms with E-state index in [0.717, 1.165) is 30.0 Å². The van der Waals surface area contributed by atoms with E-state index in [0.29, 0.717) is 5.02 Å². The van der Waals surface area contributed by atoms with Gasteiger partial charge >= 0.3 is 6.18 Å². The number of aromatic amines is 1. The first-order valence-electron chi connectivity index (χ1n) is 7.51. The van der Waals surface area contributed by atoms with Crippen molar-refractivity contribution in [1.29, 1.82) is 0 Å². The zero-order valence-electron chi connectivity index (χ0n) is 13.2. The van der Waals surface area contributed by atoms with Crippen LogP contribution in [0.2, 0.25) is 5.02 Å². The van der Waals surface area contributed by atoms with Crippen molar-refractivity contribution in [2.75, 3.05) is 0 Å². The largest absolute Gasteiger partial charge is 0.416 e. The third-order valence-corrected chi connectivity index (χ3v) is 4.07. The summed E-state index contributed by atoms with van der Waals surface area (Å²) in [6, 6.07) is 9.51. The third-order valence-electron chi connectivity index (χ3n) is 3.82. The van der Waals surface area contributed by atoms with E-state index in [1.165, 1.54) is 0 Å². The second kappa shape index (κ2) is 6.84. The van der Waals surface area contributed by atoms with Gasteiger partial charge in [-0.25, -0.2) is 0 Å². The predicted molar refractivity (Wildman–Crippen MR) is 92.2 cm³/mol. The zero-order valence-corrected chi connectivity index (χ0v) is 13.9. The van der Waals surface area contributed by atoms with Gasteiger partial charge in [0.15, 0.2) is 0 Å². The summed E-state index contributed by atoms with van der Waals surface area (Å²) in [6.45, 7) is 0.181. The number of halogens is 4. The standard InChI is InChI=1S/C18H12ClF3N2O2/c19-12-4-1-10(2-5-12)8-24-17(26)14-9-23-15-7-11(18(20,21)22)3-6-13(15)16(14)25/h1-7,9H,8H2,(H,23,25)(H,24,26). The van der Waals surface area contributed by atoms with E-state index in [1.807, 2.05) is 0 Å². The van der Waals surface area contributed by atoms with E-state index in [1.54, 1.807) is 24.3 Å². The number of carbonyl (C=O) groups excluding carboxylic acids is 1. The first-order chi connectivity index (χ1) is 12.3. The van der Waals surface area contributed by atoms with Gasteiger partial charge in [0.1, 0.15) is 5.56 Å². The van der Waals surface area contributed by atoms with Crippen LogP contribution in [0.15, 0.2) is 53.5 Å². The van der Waals surface area contributed by atoms with Crippen LogP contribution >= 0.6 is 11.6 Å². The van der Waals surface area contributed by atoms with Crippen molar-refractivity contribution in [3.63, 3.8) is 0 Å². The molecule has 3 rings (SSSR count). The molecular formula is C18H12ClF3N2O2. The van der Waals surface area contributed by atoms with Crippen LogP contribution in [0.4, 0.5) is 13.2 Å². The minimum atomic E-state index is -4.51. The summed E-state index contributed by atoms with van der Waals surface area (Å²) in [4.78, 5) is 27.2. The molecule has 0 bridgehead atoms. The van der Waals surface area contributed by atoms with Gasteiger partial charge in [-0.2, -0.15) is 13.2 Å². The highest BCUT2D eigenvalue weighted by atomic mass is 35.5. The van der Waals surface area contributed by atoms with Crippen LogP contribution in [-0.4, -0.2) is 10.9 Å². The maximum atomic E-state index is 12.7. The third kappa shape index (κ3) is 3.72. The molecule has 0 unspecified atom stereocenters. The summed E-state index contributed by atoms with van der Waals surface area (Å²) in [7, 11) is 0. The van der Waals surface area contributed by atoms with E-state index in [4.69, 9.17) is 11.6 Å². The summed E-state index contributed by atoms with van der Waals surface area (Å²) in [5.74, 6) is -0.622. The van der Waals surface area contributed by atoms with Crippen molar-refractivity contribution in [2.45, 2.75) is 12.7 Å². The number of benzene rings is 2. The van der Waals surface area contributed by atoms with Crippen molar-refractivity contribution in [3.05, 3.63) is 80.6 Å². The van der Waals surface area contributed by atoms with Gasteiger partial charge in [-0.3, -0.25) is 9.59 Å². The van der Waals surface area contributed by atoms with Crippen LogP contribution in [0.1, 0.15) is 21.5 Å². The number of fused-ring (bicyclic) bond motifs is 1. The molecule has 2 aromatic carbocycles. The summed E-state index contributed by atoms with van der Waals surface area (Å²) in [5.41, 5.74) is -0.887. The number of amides is 1. The Morgan fingerprint density at radius 1 is 1.12 bits per heavy atom. The quantitative estimate of drug-likeness (QED) is 0.717. The summed E-state index contributed by atoms with van der Waals surface area (Å²) in [5, 5.41) is 3.16. The lowest BCUT2D eigenvalue weighted by Crippen LogP contribution is -2.28. The van der Waals surface area contributed by atoms with Gasteiger partial charge in [0.05, 0.1) is 5.56 Å². The van der Waals surface area contributed by atoms with Crippen molar-refractivity contribution in [1.82, 2.24) is 10.3 Å². The number of rotatable bonds is 3. The number of hydrogen-bond acceptors (Lipinski definition) is 2. The summed E-state index contributed by atoms with van der Waals surface area (Å²) in [6.07, 6.45) is -3.40. The maximum Gasteiger partial charge on any atom is 0.416 e.